The third-order valence-electron chi connectivity index (χ3n) is 6.77. The van der Waals surface area contributed by atoms with E-state index in [2.05, 4.69) is 20.2 Å². The number of halogens is 4. The molecule has 0 atom stereocenters. The van der Waals surface area contributed by atoms with Crippen molar-refractivity contribution in [1.82, 2.24) is 20.2 Å². The van der Waals surface area contributed by atoms with Crippen LogP contribution in [0.3, 0.4) is 0 Å². The summed E-state index contributed by atoms with van der Waals surface area (Å²) in [6.07, 6.45) is 0. The minimum absolute atomic E-state index is 0.0335. The summed E-state index contributed by atoms with van der Waals surface area (Å²) < 4.78 is 92.5. The van der Waals surface area contributed by atoms with Gasteiger partial charge in [0.1, 0.15) is 17.1 Å². The number of hydrogen-bond donors (Lipinski definition) is 3. The maximum absolute atomic E-state index is 15.2. The molecule has 226 valence electrons. The molecule has 0 radical (unpaired) electrons. The Morgan fingerprint density at radius 1 is 0.488 bits per heavy atom. The van der Waals surface area contributed by atoms with E-state index >= 15 is 17.6 Å². The maximum Gasteiger partial charge on any atom is 0.203 e. The lowest BCUT2D eigenvalue weighted by Gasteiger charge is -2.13. The lowest BCUT2D eigenvalue weighted by atomic mass is 10.1. The van der Waals surface area contributed by atoms with E-state index in [1.54, 1.807) is 0 Å². The summed E-state index contributed by atoms with van der Waals surface area (Å²) in [5, 5.41) is 6.54. The molecule has 0 aliphatic heterocycles. The van der Waals surface area contributed by atoms with Crippen molar-refractivity contribution in [3.05, 3.63) is 53.6 Å². The molecule has 2 aromatic carbocycles. The SMILES string of the molecule is COc1cc(-c2[nH]c(-c3cc(-c4[nH]c(-c5cc(OC)c(OC)c(OC)c5)c(F)c4F)[nH]n3)c(F)c2F)cc(OC)c1OC. The summed E-state index contributed by atoms with van der Waals surface area (Å²) in [6, 6.07) is 7.01. The zero-order valence-electron chi connectivity index (χ0n) is 23.8. The number of ether oxygens (including phenoxy) is 6. The summed E-state index contributed by atoms with van der Waals surface area (Å²) >= 11 is 0. The smallest absolute Gasteiger partial charge is 0.203 e. The summed E-state index contributed by atoms with van der Waals surface area (Å²) in [6.45, 7) is 0. The second-order valence-electron chi connectivity index (χ2n) is 9.00. The van der Waals surface area contributed by atoms with Crippen LogP contribution in [0.1, 0.15) is 0 Å². The van der Waals surface area contributed by atoms with Crippen LogP contribution in [0.4, 0.5) is 17.6 Å². The Morgan fingerprint density at radius 3 is 1.26 bits per heavy atom. The normalized spacial score (nSPS) is 11.0. The van der Waals surface area contributed by atoms with Gasteiger partial charge in [0.2, 0.25) is 11.5 Å². The molecule has 0 spiro atoms. The van der Waals surface area contributed by atoms with Gasteiger partial charge in [0, 0.05) is 11.1 Å². The summed E-state index contributed by atoms with van der Waals surface area (Å²) in [4.78, 5) is 5.37. The van der Waals surface area contributed by atoms with Crippen LogP contribution in [-0.2, 0) is 0 Å². The molecule has 5 rings (SSSR count). The predicted octanol–water partition coefficient (Wildman–Crippen LogP) is 6.34. The van der Waals surface area contributed by atoms with Gasteiger partial charge in [-0.1, -0.05) is 0 Å². The average Bonchev–Trinajstić information content (AvgIpc) is 3.71. The van der Waals surface area contributed by atoms with Gasteiger partial charge in [0.15, 0.2) is 46.3 Å². The van der Waals surface area contributed by atoms with E-state index in [4.69, 9.17) is 28.4 Å². The highest BCUT2D eigenvalue weighted by Gasteiger charge is 2.27. The van der Waals surface area contributed by atoms with Crippen molar-refractivity contribution in [3.8, 4) is 79.8 Å². The van der Waals surface area contributed by atoms with Crippen LogP contribution in [0.15, 0.2) is 30.3 Å². The average molecular weight is 603 g/mol. The summed E-state index contributed by atoms with van der Waals surface area (Å²) in [5.41, 5.74) is -0.825. The van der Waals surface area contributed by atoms with Crippen LogP contribution in [0.2, 0.25) is 0 Å². The number of nitrogens with zero attached hydrogens (tertiary/aromatic N) is 1. The molecule has 43 heavy (non-hydrogen) atoms. The Hall–Kier alpha value is -5.27. The predicted molar refractivity (Wildman–Crippen MR) is 148 cm³/mol. The van der Waals surface area contributed by atoms with Crippen LogP contribution < -0.4 is 28.4 Å². The first-order valence-electron chi connectivity index (χ1n) is 12.5. The largest absolute Gasteiger partial charge is 0.493 e. The Morgan fingerprint density at radius 2 is 0.860 bits per heavy atom. The minimum Gasteiger partial charge on any atom is -0.493 e. The van der Waals surface area contributed by atoms with Crippen molar-refractivity contribution < 1.29 is 46.0 Å². The Labute approximate surface area is 242 Å². The molecule has 14 heteroatoms. The number of H-pyrrole nitrogens is 3. The van der Waals surface area contributed by atoms with Crippen molar-refractivity contribution in [2.24, 2.45) is 0 Å². The Bertz CT molecular complexity index is 1630. The first-order valence-corrected chi connectivity index (χ1v) is 12.5. The van der Waals surface area contributed by atoms with Gasteiger partial charge < -0.3 is 38.4 Å². The topological polar surface area (TPSA) is 116 Å². The van der Waals surface area contributed by atoms with Crippen LogP contribution >= 0.6 is 0 Å². The highest BCUT2D eigenvalue weighted by Crippen LogP contribution is 2.44. The zero-order chi connectivity index (χ0) is 31.0. The lowest BCUT2D eigenvalue weighted by molar-refractivity contribution is 0.324. The molecular weight excluding hydrogens is 576 g/mol. The van der Waals surface area contributed by atoms with E-state index < -0.39 is 23.3 Å². The first-order chi connectivity index (χ1) is 20.7. The number of aromatic nitrogens is 4. The molecule has 0 amide bonds. The van der Waals surface area contributed by atoms with Crippen molar-refractivity contribution in [3.63, 3.8) is 0 Å². The van der Waals surface area contributed by atoms with Gasteiger partial charge in [-0.2, -0.15) is 5.10 Å². The van der Waals surface area contributed by atoms with Gasteiger partial charge in [-0.15, -0.1) is 0 Å². The molecule has 0 fully saturated rings. The van der Waals surface area contributed by atoms with Gasteiger partial charge >= 0.3 is 0 Å². The minimum atomic E-state index is -1.24. The molecule has 0 aliphatic rings. The Kier molecular flexibility index (Phi) is 7.85. The van der Waals surface area contributed by atoms with Crippen molar-refractivity contribution >= 4 is 0 Å². The van der Waals surface area contributed by atoms with Crippen LogP contribution in [0.5, 0.6) is 34.5 Å². The van der Waals surface area contributed by atoms with E-state index in [-0.39, 0.29) is 79.8 Å². The number of hydrogen-bond acceptors (Lipinski definition) is 7. The fraction of sp³-hybridized carbons (Fsp3) is 0.207. The van der Waals surface area contributed by atoms with Crippen LogP contribution in [0.25, 0.3) is 45.3 Å². The molecule has 0 unspecified atom stereocenters. The van der Waals surface area contributed by atoms with Crippen LogP contribution in [-0.4, -0.2) is 62.8 Å². The van der Waals surface area contributed by atoms with Crippen molar-refractivity contribution in [1.29, 1.82) is 0 Å². The summed E-state index contributed by atoms with van der Waals surface area (Å²) in [7, 11) is 8.38. The van der Waals surface area contributed by atoms with E-state index in [1.807, 2.05) is 0 Å². The highest BCUT2D eigenvalue weighted by atomic mass is 19.2. The van der Waals surface area contributed by atoms with Gasteiger partial charge in [-0.3, -0.25) is 5.10 Å². The zero-order valence-corrected chi connectivity index (χ0v) is 23.8. The van der Waals surface area contributed by atoms with E-state index in [1.165, 1.54) is 73.0 Å². The fourth-order valence-corrected chi connectivity index (χ4v) is 4.70. The second-order valence-corrected chi connectivity index (χ2v) is 9.00. The van der Waals surface area contributed by atoms with E-state index in [0.29, 0.717) is 0 Å². The number of rotatable bonds is 10. The summed E-state index contributed by atoms with van der Waals surface area (Å²) in [5.74, 6) is -3.42. The highest BCUT2D eigenvalue weighted by molar-refractivity contribution is 5.76. The number of benzene rings is 2. The third-order valence-corrected chi connectivity index (χ3v) is 6.77. The second kappa shape index (κ2) is 11.5. The van der Waals surface area contributed by atoms with Gasteiger partial charge in [-0.05, 0) is 30.3 Å². The van der Waals surface area contributed by atoms with Crippen LogP contribution in [0, 0.1) is 23.3 Å². The number of methoxy groups -OCH3 is 6. The fourth-order valence-electron chi connectivity index (χ4n) is 4.70. The maximum atomic E-state index is 15.2. The molecule has 3 N–H and O–H groups in total. The van der Waals surface area contributed by atoms with Gasteiger partial charge in [0.25, 0.3) is 0 Å². The molecule has 0 saturated carbocycles. The molecule has 0 aliphatic carbocycles. The number of nitrogens with one attached hydrogen (secondary N) is 3. The first kappa shape index (κ1) is 29.2. The monoisotopic (exact) mass is 602 g/mol. The van der Waals surface area contributed by atoms with Crippen molar-refractivity contribution in [2.75, 3.05) is 42.7 Å². The lowest BCUT2D eigenvalue weighted by Crippen LogP contribution is -1.96. The third kappa shape index (κ3) is 4.83. The molecule has 3 aromatic heterocycles. The van der Waals surface area contributed by atoms with E-state index in [0.717, 1.165) is 0 Å². The molecule has 5 aromatic rings. The van der Waals surface area contributed by atoms with Crippen molar-refractivity contribution in [2.45, 2.75) is 0 Å². The number of aromatic amines is 3. The Balaban J connectivity index is 1.55. The van der Waals surface area contributed by atoms with Gasteiger partial charge in [0.05, 0.1) is 59.7 Å². The molecule has 0 bridgehead atoms. The standard InChI is InChI=1S/C29H26F4N4O6/c1-38-16-7-12(8-17(39-2)28(16)42-5)24-20(30)22(32)26(34-24)14-11-15(37-36-14)27-23(33)21(31)25(35-27)13-9-18(40-3)29(43-6)19(10-13)41-4/h7-11,34-35H,1-6H3,(H,36,37). The van der Waals surface area contributed by atoms with E-state index in [9.17, 15) is 0 Å². The molecule has 0 saturated heterocycles. The van der Waals surface area contributed by atoms with Gasteiger partial charge in [-0.25, -0.2) is 17.6 Å². The quantitative estimate of drug-likeness (QED) is 0.160. The molecular formula is C29H26F4N4O6. The molecule has 3 heterocycles. The molecule has 10 nitrogen and oxygen atoms in total.